The smallest absolute Gasteiger partial charge is 0.265 e. The largest absolute Gasteiger partial charge is 0.325 e. The summed E-state index contributed by atoms with van der Waals surface area (Å²) in [4.78, 5) is 3.44. The molecule has 0 amide bonds. The van der Waals surface area contributed by atoms with Gasteiger partial charge >= 0.3 is 0 Å². The average molecular weight is 176 g/mol. The van der Waals surface area contributed by atoms with E-state index in [4.69, 9.17) is 5.73 Å². The fraction of sp³-hybridized carbons (Fsp3) is 0.286. The lowest BCUT2D eigenvalue weighted by atomic mass is 10.2. The molecular formula is C7H7F3N2. The van der Waals surface area contributed by atoms with Gasteiger partial charge in [-0.25, -0.2) is 13.2 Å². The summed E-state index contributed by atoms with van der Waals surface area (Å²) in [6.45, 7) is -0.111. The molecule has 1 rings (SSSR count). The lowest BCUT2D eigenvalue weighted by Gasteiger charge is -2.04. The molecule has 0 unspecified atom stereocenters. The van der Waals surface area contributed by atoms with Gasteiger partial charge in [-0.3, -0.25) is 4.98 Å². The van der Waals surface area contributed by atoms with Crippen molar-refractivity contribution in [3.63, 3.8) is 0 Å². The van der Waals surface area contributed by atoms with Crippen LogP contribution in [0.5, 0.6) is 0 Å². The minimum Gasteiger partial charge on any atom is -0.325 e. The van der Waals surface area contributed by atoms with E-state index in [2.05, 4.69) is 4.98 Å². The minimum absolute atomic E-state index is 0.0337. The third-order valence-electron chi connectivity index (χ3n) is 1.40. The summed E-state index contributed by atoms with van der Waals surface area (Å²) in [6.07, 6.45) is -1.86. The van der Waals surface area contributed by atoms with Crippen LogP contribution in [0.4, 0.5) is 13.2 Å². The van der Waals surface area contributed by atoms with Crippen molar-refractivity contribution in [3.05, 3.63) is 29.3 Å². The van der Waals surface area contributed by atoms with Crippen molar-refractivity contribution in [2.24, 2.45) is 5.73 Å². The maximum Gasteiger partial charge on any atom is 0.265 e. The van der Waals surface area contributed by atoms with E-state index in [1.165, 1.54) is 0 Å². The number of rotatable bonds is 2. The summed E-state index contributed by atoms with van der Waals surface area (Å²) >= 11 is 0. The Bertz CT molecular complexity index is 275. The highest BCUT2D eigenvalue weighted by molar-refractivity contribution is 5.21. The first-order chi connectivity index (χ1) is 5.65. The number of hydrogen-bond acceptors (Lipinski definition) is 2. The molecule has 0 aliphatic rings. The topological polar surface area (TPSA) is 38.9 Å². The monoisotopic (exact) mass is 176 g/mol. The van der Waals surface area contributed by atoms with Gasteiger partial charge in [0, 0.05) is 12.1 Å². The van der Waals surface area contributed by atoms with Gasteiger partial charge in [-0.15, -0.1) is 0 Å². The normalized spacial score (nSPS) is 10.8. The van der Waals surface area contributed by atoms with Crippen molar-refractivity contribution in [2.45, 2.75) is 13.0 Å². The van der Waals surface area contributed by atoms with Crippen LogP contribution in [-0.4, -0.2) is 4.98 Å². The van der Waals surface area contributed by atoms with Gasteiger partial charge in [-0.05, 0) is 6.07 Å². The van der Waals surface area contributed by atoms with Gasteiger partial charge in [0.15, 0.2) is 0 Å². The molecule has 0 aliphatic heterocycles. The van der Waals surface area contributed by atoms with E-state index in [9.17, 15) is 13.2 Å². The summed E-state index contributed by atoms with van der Waals surface area (Å²) in [7, 11) is 0. The van der Waals surface area contributed by atoms with Crippen molar-refractivity contribution in [2.75, 3.05) is 0 Å². The molecule has 5 heteroatoms. The number of nitrogens with two attached hydrogens (primary N) is 1. The highest BCUT2D eigenvalue weighted by Gasteiger charge is 2.13. The second kappa shape index (κ2) is 3.53. The lowest BCUT2D eigenvalue weighted by molar-refractivity contribution is 0.149. The van der Waals surface area contributed by atoms with Crippen LogP contribution in [0.25, 0.3) is 0 Å². The van der Waals surface area contributed by atoms with Crippen LogP contribution in [-0.2, 0) is 6.54 Å². The lowest BCUT2D eigenvalue weighted by Crippen LogP contribution is -2.05. The molecule has 0 saturated carbocycles. The molecule has 66 valence electrons. The van der Waals surface area contributed by atoms with Gasteiger partial charge in [0.1, 0.15) is 5.82 Å². The maximum atomic E-state index is 12.4. The molecule has 0 radical (unpaired) electrons. The second-order valence-electron chi connectivity index (χ2n) is 2.19. The predicted molar refractivity (Wildman–Crippen MR) is 37.0 cm³/mol. The van der Waals surface area contributed by atoms with Gasteiger partial charge in [0.2, 0.25) is 0 Å². The fourth-order valence-electron chi connectivity index (χ4n) is 0.843. The Morgan fingerprint density at radius 2 is 2.17 bits per heavy atom. The van der Waals surface area contributed by atoms with Gasteiger partial charge < -0.3 is 5.73 Å². The van der Waals surface area contributed by atoms with Crippen molar-refractivity contribution < 1.29 is 13.2 Å². The molecule has 1 aromatic rings. The van der Waals surface area contributed by atoms with Crippen molar-refractivity contribution in [1.29, 1.82) is 0 Å². The van der Waals surface area contributed by atoms with Gasteiger partial charge in [0.25, 0.3) is 6.43 Å². The zero-order chi connectivity index (χ0) is 9.14. The van der Waals surface area contributed by atoms with Gasteiger partial charge in [0.05, 0.1) is 11.9 Å². The Morgan fingerprint density at radius 1 is 1.50 bits per heavy atom. The van der Waals surface area contributed by atoms with Crippen molar-refractivity contribution in [1.82, 2.24) is 4.98 Å². The Labute approximate surface area is 67.2 Å². The highest BCUT2D eigenvalue weighted by atomic mass is 19.3. The summed E-state index contributed by atoms with van der Waals surface area (Å²) in [6, 6.07) is 0.750. The van der Waals surface area contributed by atoms with Crippen LogP contribution < -0.4 is 5.73 Å². The van der Waals surface area contributed by atoms with Crippen LogP contribution in [0.15, 0.2) is 12.3 Å². The predicted octanol–water partition coefficient (Wildman–Crippen LogP) is 1.62. The summed E-state index contributed by atoms with van der Waals surface area (Å²) in [5, 5.41) is 0. The van der Waals surface area contributed by atoms with E-state index in [-0.39, 0.29) is 12.2 Å². The average Bonchev–Trinajstić information content (AvgIpc) is 2.04. The van der Waals surface area contributed by atoms with Crippen molar-refractivity contribution >= 4 is 0 Å². The van der Waals surface area contributed by atoms with E-state index in [1.807, 2.05) is 0 Å². The fourth-order valence-corrected chi connectivity index (χ4v) is 0.843. The first-order valence-corrected chi connectivity index (χ1v) is 3.27. The van der Waals surface area contributed by atoms with Gasteiger partial charge in [-0.2, -0.15) is 0 Å². The Morgan fingerprint density at radius 3 is 2.67 bits per heavy atom. The summed E-state index contributed by atoms with van der Waals surface area (Å²) in [5.41, 5.74) is 4.72. The molecule has 1 aromatic heterocycles. The molecule has 2 N–H and O–H groups in total. The molecule has 0 spiro atoms. The SMILES string of the molecule is NCc1ncc(F)cc1C(F)F. The van der Waals surface area contributed by atoms with E-state index < -0.39 is 17.8 Å². The zero-order valence-electron chi connectivity index (χ0n) is 6.10. The van der Waals surface area contributed by atoms with Crippen LogP contribution in [0.2, 0.25) is 0 Å². The summed E-state index contributed by atoms with van der Waals surface area (Å²) < 4.78 is 36.7. The zero-order valence-corrected chi connectivity index (χ0v) is 6.10. The minimum atomic E-state index is -2.73. The van der Waals surface area contributed by atoms with Crippen molar-refractivity contribution in [3.8, 4) is 0 Å². The molecule has 0 aliphatic carbocycles. The third kappa shape index (κ3) is 1.73. The van der Waals surface area contributed by atoms with Gasteiger partial charge in [-0.1, -0.05) is 0 Å². The number of aromatic nitrogens is 1. The molecule has 0 fully saturated rings. The maximum absolute atomic E-state index is 12.4. The van der Waals surface area contributed by atoms with Crippen LogP contribution >= 0.6 is 0 Å². The number of nitrogens with zero attached hydrogens (tertiary/aromatic N) is 1. The van der Waals surface area contributed by atoms with E-state index in [1.54, 1.807) is 0 Å². The molecule has 0 bridgehead atoms. The standard InChI is InChI=1S/C7H7F3N2/c8-4-1-5(7(9)10)6(2-11)12-3-4/h1,3,7H,2,11H2. The quantitative estimate of drug-likeness (QED) is 0.743. The molecule has 0 saturated heterocycles. The van der Waals surface area contributed by atoms with E-state index in [0.29, 0.717) is 0 Å². The van der Waals surface area contributed by atoms with Crippen LogP contribution in [0.3, 0.4) is 0 Å². The molecular weight excluding hydrogens is 169 g/mol. The van der Waals surface area contributed by atoms with E-state index in [0.717, 1.165) is 12.3 Å². The number of hydrogen-bond donors (Lipinski definition) is 1. The number of halogens is 3. The Hall–Kier alpha value is -1.10. The third-order valence-corrected chi connectivity index (χ3v) is 1.40. The molecule has 2 nitrogen and oxygen atoms in total. The Balaban J connectivity index is 3.12. The number of alkyl halides is 2. The van der Waals surface area contributed by atoms with E-state index >= 15 is 0 Å². The molecule has 0 aromatic carbocycles. The molecule has 1 heterocycles. The molecule has 12 heavy (non-hydrogen) atoms. The first kappa shape index (κ1) is 8.99. The first-order valence-electron chi connectivity index (χ1n) is 3.27. The van der Waals surface area contributed by atoms with Crippen LogP contribution in [0.1, 0.15) is 17.7 Å². The second-order valence-corrected chi connectivity index (χ2v) is 2.19. The Kier molecular flexibility index (Phi) is 2.65. The molecule has 0 atom stereocenters. The summed E-state index contributed by atoms with van der Waals surface area (Å²) in [5.74, 6) is -0.775. The van der Waals surface area contributed by atoms with Crippen LogP contribution in [0, 0.1) is 5.82 Å². The highest BCUT2D eigenvalue weighted by Crippen LogP contribution is 2.21. The number of pyridine rings is 1.